The van der Waals surface area contributed by atoms with Crippen LogP contribution in [-0.4, -0.2) is 58.0 Å². The van der Waals surface area contributed by atoms with Crippen LogP contribution in [0.3, 0.4) is 0 Å². The summed E-state index contributed by atoms with van der Waals surface area (Å²) in [5, 5.41) is 18.9. The molecule has 5 rings (SSSR count). The minimum atomic E-state index is -0.423. The third-order valence-corrected chi connectivity index (χ3v) is 4.51. The first kappa shape index (κ1) is 17.8. The molecule has 1 amide bonds. The van der Waals surface area contributed by atoms with Crippen LogP contribution in [0.25, 0.3) is 17.3 Å². The largest absolute Gasteiger partial charge is 0.479 e. The van der Waals surface area contributed by atoms with Crippen molar-refractivity contribution in [2.75, 3.05) is 12.4 Å². The second-order valence-corrected chi connectivity index (χ2v) is 6.60. The van der Waals surface area contributed by atoms with Gasteiger partial charge in [0.2, 0.25) is 11.7 Å². The Morgan fingerprint density at radius 1 is 1.27 bits per heavy atom. The normalized spacial score (nSPS) is 13.2. The maximum absolute atomic E-state index is 12.9. The molecule has 0 unspecified atom stereocenters. The highest BCUT2D eigenvalue weighted by Gasteiger charge is 2.28. The molecule has 30 heavy (non-hydrogen) atoms. The summed E-state index contributed by atoms with van der Waals surface area (Å²) in [6.07, 6.45) is 8.23. The van der Waals surface area contributed by atoms with Crippen LogP contribution >= 0.6 is 0 Å². The number of tetrazole rings is 1. The maximum atomic E-state index is 12.9. The molecular formula is C18H16N10O2. The lowest BCUT2D eigenvalue weighted by molar-refractivity contribution is 0.102. The highest BCUT2D eigenvalue weighted by molar-refractivity contribution is 6.05. The zero-order chi connectivity index (χ0) is 20.5. The number of ether oxygens (including phenoxy) is 1. The van der Waals surface area contributed by atoms with Crippen molar-refractivity contribution in [1.29, 1.82) is 0 Å². The van der Waals surface area contributed by atoms with E-state index >= 15 is 0 Å². The van der Waals surface area contributed by atoms with Crippen molar-refractivity contribution in [1.82, 2.24) is 44.9 Å². The summed E-state index contributed by atoms with van der Waals surface area (Å²) >= 11 is 0. The number of methoxy groups -OCH3 is 1. The molecule has 4 heterocycles. The number of carbonyl (C=O) groups is 1. The fourth-order valence-corrected chi connectivity index (χ4v) is 2.93. The summed E-state index contributed by atoms with van der Waals surface area (Å²) in [6.45, 7) is 0. The average molecular weight is 404 g/mol. The zero-order valence-corrected chi connectivity index (χ0v) is 15.9. The number of nitrogens with one attached hydrogen (secondary N) is 1. The van der Waals surface area contributed by atoms with Gasteiger partial charge in [-0.05, 0) is 35.4 Å². The molecule has 12 heteroatoms. The molecule has 1 aliphatic rings. The van der Waals surface area contributed by atoms with Gasteiger partial charge in [0.15, 0.2) is 5.82 Å². The third-order valence-electron chi connectivity index (χ3n) is 4.51. The van der Waals surface area contributed by atoms with E-state index in [1.54, 1.807) is 29.1 Å². The fourth-order valence-electron chi connectivity index (χ4n) is 2.93. The Hall–Kier alpha value is -4.22. The molecule has 1 aliphatic carbocycles. The van der Waals surface area contributed by atoms with E-state index in [2.05, 4.69) is 40.9 Å². The van der Waals surface area contributed by atoms with Gasteiger partial charge in [-0.25, -0.2) is 19.3 Å². The van der Waals surface area contributed by atoms with E-state index in [0.29, 0.717) is 29.2 Å². The topological polar surface area (TPSA) is 138 Å². The molecule has 0 spiro atoms. The molecule has 150 valence electrons. The highest BCUT2D eigenvalue weighted by atomic mass is 16.5. The molecule has 0 aromatic carbocycles. The molecule has 0 radical (unpaired) electrons. The lowest BCUT2D eigenvalue weighted by atomic mass is 10.3. The molecule has 0 saturated heterocycles. The number of amides is 1. The summed E-state index contributed by atoms with van der Waals surface area (Å²) in [5.41, 5.74) is 0.810. The lowest BCUT2D eigenvalue weighted by Crippen LogP contribution is -2.13. The first-order valence-corrected chi connectivity index (χ1v) is 9.19. The minimum Gasteiger partial charge on any atom is -0.479 e. The van der Waals surface area contributed by atoms with Gasteiger partial charge in [-0.2, -0.15) is 0 Å². The van der Waals surface area contributed by atoms with Crippen LogP contribution in [0.15, 0.2) is 43.0 Å². The van der Waals surface area contributed by atoms with Crippen molar-refractivity contribution in [2.24, 2.45) is 0 Å². The van der Waals surface area contributed by atoms with Crippen LogP contribution in [-0.2, 0) is 0 Å². The van der Waals surface area contributed by atoms with Crippen molar-refractivity contribution in [2.45, 2.75) is 18.9 Å². The van der Waals surface area contributed by atoms with E-state index in [-0.39, 0.29) is 11.4 Å². The van der Waals surface area contributed by atoms with E-state index in [1.165, 1.54) is 30.4 Å². The van der Waals surface area contributed by atoms with E-state index in [1.807, 2.05) is 0 Å². The first-order chi connectivity index (χ1) is 14.7. The summed E-state index contributed by atoms with van der Waals surface area (Å²) in [7, 11) is 1.44. The molecule has 12 nitrogen and oxygen atoms in total. The van der Waals surface area contributed by atoms with Gasteiger partial charge < -0.3 is 10.1 Å². The van der Waals surface area contributed by atoms with Gasteiger partial charge >= 0.3 is 0 Å². The molecule has 4 aromatic heterocycles. The Morgan fingerprint density at radius 3 is 2.93 bits per heavy atom. The zero-order valence-electron chi connectivity index (χ0n) is 15.9. The van der Waals surface area contributed by atoms with E-state index < -0.39 is 5.91 Å². The highest BCUT2D eigenvalue weighted by Crippen LogP contribution is 2.36. The molecule has 1 fully saturated rings. The Morgan fingerprint density at radius 2 is 2.17 bits per heavy atom. The van der Waals surface area contributed by atoms with E-state index in [9.17, 15) is 4.79 Å². The van der Waals surface area contributed by atoms with Crippen LogP contribution in [0, 0.1) is 0 Å². The first-order valence-electron chi connectivity index (χ1n) is 9.19. The molecule has 4 aromatic rings. The molecule has 1 saturated carbocycles. The number of rotatable bonds is 6. The van der Waals surface area contributed by atoms with Gasteiger partial charge in [-0.1, -0.05) is 6.07 Å². The maximum Gasteiger partial charge on any atom is 0.263 e. The van der Waals surface area contributed by atoms with Crippen molar-refractivity contribution in [3.63, 3.8) is 0 Å². The van der Waals surface area contributed by atoms with E-state index in [4.69, 9.17) is 4.74 Å². The Labute approximate surface area is 169 Å². The molecular weight excluding hydrogens is 388 g/mol. The van der Waals surface area contributed by atoms with Gasteiger partial charge in [0.05, 0.1) is 19.3 Å². The third kappa shape index (κ3) is 3.34. The number of anilines is 1. The lowest BCUT2D eigenvalue weighted by Gasteiger charge is -2.06. The van der Waals surface area contributed by atoms with Crippen molar-refractivity contribution < 1.29 is 9.53 Å². The van der Waals surface area contributed by atoms with Gasteiger partial charge in [0, 0.05) is 18.6 Å². The van der Waals surface area contributed by atoms with Gasteiger partial charge in [0.1, 0.15) is 17.1 Å². The minimum absolute atomic E-state index is 0.159. The molecule has 1 N–H and O–H groups in total. The Balaban J connectivity index is 1.41. The number of hydrogen-bond acceptors (Lipinski definition) is 9. The number of pyridine rings is 1. The molecule has 0 atom stereocenters. The monoisotopic (exact) mass is 404 g/mol. The number of carbonyl (C=O) groups excluding carboxylic acids is 1. The summed E-state index contributed by atoms with van der Waals surface area (Å²) < 4.78 is 8.44. The fraction of sp³-hybridized carbons (Fsp3) is 0.222. The second-order valence-electron chi connectivity index (χ2n) is 6.60. The van der Waals surface area contributed by atoms with Crippen molar-refractivity contribution >= 4 is 11.7 Å². The molecule has 0 bridgehead atoms. The quantitative estimate of drug-likeness (QED) is 0.504. The number of nitrogens with zero attached hydrogens (tertiary/aromatic N) is 9. The van der Waals surface area contributed by atoms with Crippen LogP contribution in [0.1, 0.15) is 29.2 Å². The van der Waals surface area contributed by atoms with Gasteiger partial charge in [-0.3, -0.25) is 9.78 Å². The van der Waals surface area contributed by atoms with E-state index in [0.717, 1.165) is 12.8 Å². The van der Waals surface area contributed by atoms with Gasteiger partial charge in [-0.15, -0.1) is 10.2 Å². The second kappa shape index (κ2) is 7.31. The predicted octanol–water partition coefficient (Wildman–Crippen LogP) is 1.31. The number of aromatic nitrogens is 9. The standard InChI is InChI=1S/C18H16N10O2/c1-30-18-12(10-27(24-18)15-9-19-7-8-20-15)17(29)22-14-4-2-3-13(21-14)16-23-25-26-28(16)11-5-6-11/h2-4,7-11H,5-6H2,1H3,(H,21,22,29). The summed E-state index contributed by atoms with van der Waals surface area (Å²) in [5.74, 6) is 1.13. The predicted molar refractivity (Wildman–Crippen MR) is 103 cm³/mol. The van der Waals surface area contributed by atoms with Crippen LogP contribution < -0.4 is 10.1 Å². The number of hydrogen-bond donors (Lipinski definition) is 1. The average Bonchev–Trinajstić information content (AvgIpc) is 3.34. The smallest absolute Gasteiger partial charge is 0.263 e. The Bertz CT molecular complexity index is 1200. The molecule has 0 aliphatic heterocycles. The van der Waals surface area contributed by atoms with Crippen LogP contribution in [0.5, 0.6) is 5.88 Å². The summed E-state index contributed by atoms with van der Waals surface area (Å²) in [6, 6.07) is 5.58. The Kier molecular flexibility index (Phi) is 4.35. The SMILES string of the molecule is COc1nn(-c2cnccn2)cc1C(=O)Nc1cccc(-c2nnnn2C2CC2)n1. The van der Waals surface area contributed by atoms with Crippen LogP contribution in [0.4, 0.5) is 5.82 Å². The summed E-state index contributed by atoms with van der Waals surface area (Å²) in [4.78, 5) is 25.5. The van der Waals surface area contributed by atoms with Crippen molar-refractivity contribution in [3.8, 4) is 23.2 Å². The van der Waals surface area contributed by atoms with Crippen LogP contribution in [0.2, 0.25) is 0 Å². The van der Waals surface area contributed by atoms with Gasteiger partial charge in [0.25, 0.3) is 5.91 Å². The van der Waals surface area contributed by atoms with Crippen molar-refractivity contribution in [3.05, 3.63) is 48.5 Å².